The van der Waals surface area contributed by atoms with Crippen LogP contribution >= 0.6 is 11.3 Å². The van der Waals surface area contributed by atoms with E-state index < -0.39 is 6.36 Å². The van der Waals surface area contributed by atoms with Gasteiger partial charge in [-0.3, -0.25) is 14.3 Å². The molecule has 0 N–H and O–H groups in total. The number of pyridine rings is 1. The summed E-state index contributed by atoms with van der Waals surface area (Å²) in [6, 6.07) is 9.11. The molecule has 144 valence electrons. The summed E-state index contributed by atoms with van der Waals surface area (Å²) in [7, 11) is 0. The summed E-state index contributed by atoms with van der Waals surface area (Å²) in [5.41, 5.74) is 1.28. The monoisotopic (exact) mass is 406 g/mol. The first-order valence-electron chi connectivity index (χ1n) is 8.16. The number of hydrogen-bond acceptors (Lipinski definition) is 6. The third-order valence-corrected chi connectivity index (χ3v) is 5.04. The van der Waals surface area contributed by atoms with Crippen molar-refractivity contribution < 1.29 is 17.9 Å². The van der Waals surface area contributed by atoms with Crippen LogP contribution in [0.1, 0.15) is 5.56 Å². The Bertz CT molecular complexity index is 1150. The Morgan fingerprint density at radius 2 is 1.96 bits per heavy atom. The third kappa shape index (κ3) is 3.91. The maximum absolute atomic E-state index is 12.7. The lowest BCUT2D eigenvalue weighted by molar-refractivity contribution is -0.274. The number of thiazole rings is 1. The number of aromatic nitrogens is 2. The SMILES string of the molecule is O=c1/c(=C/c2cccnc2)sc2n1CN(c1ccc(OC(F)(F)F)cc1)CN=2. The Morgan fingerprint density at radius 3 is 2.64 bits per heavy atom. The predicted molar refractivity (Wildman–Crippen MR) is 97.6 cm³/mol. The van der Waals surface area contributed by atoms with Gasteiger partial charge in [-0.2, -0.15) is 0 Å². The summed E-state index contributed by atoms with van der Waals surface area (Å²) in [6.45, 7) is 0.556. The van der Waals surface area contributed by atoms with Crippen molar-refractivity contribution in [3.05, 3.63) is 74.0 Å². The molecule has 6 nitrogen and oxygen atoms in total. The van der Waals surface area contributed by atoms with Gasteiger partial charge in [0.25, 0.3) is 5.56 Å². The number of nitrogens with zero attached hydrogens (tertiary/aromatic N) is 4. The lowest BCUT2D eigenvalue weighted by atomic mass is 10.3. The fraction of sp³-hybridized carbons (Fsp3) is 0.167. The molecule has 0 aliphatic carbocycles. The van der Waals surface area contributed by atoms with Crippen LogP contribution in [0.15, 0.2) is 58.6 Å². The largest absolute Gasteiger partial charge is 0.573 e. The molecule has 0 saturated heterocycles. The number of alkyl halides is 3. The molecule has 28 heavy (non-hydrogen) atoms. The number of hydrogen-bond donors (Lipinski definition) is 0. The molecule has 10 heteroatoms. The minimum Gasteiger partial charge on any atom is -0.406 e. The summed E-state index contributed by atoms with van der Waals surface area (Å²) < 4.78 is 42.8. The van der Waals surface area contributed by atoms with Gasteiger partial charge in [0.1, 0.15) is 19.1 Å². The lowest BCUT2D eigenvalue weighted by Crippen LogP contribution is -2.42. The zero-order chi connectivity index (χ0) is 19.7. The summed E-state index contributed by atoms with van der Waals surface area (Å²) in [5.74, 6) is -0.299. The standard InChI is InChI=1S/C18H13F3N4O2S/c19-18(20,21)27-14-5-3-13(4-6-14)24-10-23-17-25(11-24)16(26)15(28-17)8-12-2-1-7-22-9-12/h1-9H,10-11H2/b15-8-. The molecule has 0 fully saturated rings. The topological polar surface area (TPSA) is 59.7 Å². The van der Waals surface area contributed by atoms with E-state index in [4.69, 9.17) is 0 Å². The second kappa shape index (κ2) is 7.12. The molecule has 1 aliphatic rings. The molecule has 0 saturated carbocycles. The van der Waals surface area contributed by atoms with Crippen LogP contribution in [0, 0.1) is 0 Å². The molecule has 3 heterocycles. The van der Waals surface area contributed by atoms with Crippen LogP contribution in [0.3, 0.4) is 0 Å². The number of ether oxygens (including phenoxy) is 1. The van der Waals surface area contributed by atoms with Crippen molar-refractivity contribution in [2.24, 2.45) is 4.99 Å². The number of fused-ring (bicyclic) bond motifs is 1. The molecule has 0 amide bonds. The van der Waals surface area contributed by atoms with Crippen molar-refractivity contribution in [2.45, 2.75) is 13.0 Å². The molecule has 1 aromatic carbocycles. The number of anilines is 1. The second-order valence-corrected chi connectivity index (χ2v) is 6.94. The Hall–Kier alpha value is -3.14. The highest BCUT2D eigenvalue weighted by atomic mass is 32.1. The van der Waals surface area contributed by atoms with Crippen LogP contribution < -0.4 is 24.5 Å². The van der Waals surface area contributed by atoms with E-state index in [2.05, 4.69) is 14.7 Å². The molecule has 4 rings (SSSR count). The lowest BCUT2D eigenvalue weighted by Gasteiger charge is -2.25. The first-order chi connectivity index (χ1) is 13.4. The van der Waals surface area contributed by atoms with Gasteiger partial charge in [0.15, 0.2) is 4.80 Å². The molecule has 0 atom stereocenters. The highest BCUT2D eigenvalue weighted by molar-refractivity contribution is 7.07. The third-order valence-electron chi connectivity index (χ3n) is 3.99. The van der Waals surface area contributed by atoms with Crippen LogP contribution in [0.5, 0.6) is 5.75 Å². The molecule has 0 unspecified atom stereocenters. The first kappa shape index (κ1) is 18.2. The van der Waals surface area contributed by atoms with Gasteiger partial charge in [-0.1, -0.05) is 17.4 Å². The van der Waals surface area contributed by atoms with Crippen molar-refractivity contribution in [3.63, 3.8) is 0 Å². The van der Waals surface area contributed by atoms with Gasteiger partial charge in [0, 0.05) is 18.1 Å². The molecule has 0 spiro atoms. The van der Waals surface area contributed by atoms with Crippen LogP contribution in [0.25, 0.3) is 6.08 Å². The molecule has 0 radical (unpaired) electrons. The normalized spacial score (nSPS) is 14.5. The van der Waals surface area contributed by atoms with Gasteiger partial charge < -0.3 is 9.64 Å². The summed E-state index contributed by atoms with van der Waals surface area (Å²) >= 11 is 1.29. The highest BCUT2D eigenvalue weighted by Crippen LogP contribution is 2.25. The van der Waals surface area contributed by atoms with Gasteiger partial charge >= 0.3 is 6.36 Å². The average molecular weight is 406 g/mol. The summed E-state index contributed by atoms with van der Waals surface area (Å²) in [6.07, 6.45) is 0.342. The van der Waals surface area contributed by atoms with E-state index in [1.54, 1.807) is 29.4 Å². The first-order valence-corrected chi connectivity index (χ1v) is 8.97. The van der Waals surface area contributed by atoms with Crippen molar-refractivity contribution in [3.8, 4) is 5.75 Å². The van der Waals surface area contributed by atoms with Crippen LogP contribution in [-0.4, -0.2) is 22.6 Å². The number of rotatable bonds is 3. The molecular formula is C18H13F3N4O2S. The highest BCUT2D eigenvalue weighted by Gasteiger charge is 2.31. The van der Waals surface area contributed by atoms with Gasteiger partial charge in [-0.25, -0.2) is 4.99 Å². The zero-order valence-corrected chi connectivity index (χ0v) is 15.1. The number of benzene rings is 1. The van der Waals surface area contributed by atoms with E-state index in [-0.39, 0.29) is 18.0 Å². The molecule has 0 bridgehead atoms. The predicted octanol–water partition coefficient (Wildman–Crippen LogP) is 2.09. The van der Waals surface area contributed by atoms with Crippen molar-refractivity contribution >= 4 is 23.1 Å². The van der Waals surface area contributed by atoms with Gasteiger partial charge in [-0.15, -0.1) is 13.2 Å². The fourth-order valence-electron chi connectivity index (χ4n) is 2.75. The van der Waals surface area contributed by atoms with E-state index in [1.165, 1.54) is 40.2 Å². The molecular weight excluding hydrogens is 393 g/mol. The Labute approximate surface area is 160 Å². The maximum Gasteiger partial charge on any atom is 0.573 e. The van der Waals surface area contributed by atoms with Crippen LogP contribution in [0.4, 0.5) is 18.9 Å². The van der Waals surface area contributed by atoms with E-state index in [9.17, 15) is 18.0 Å². The fourth-order valence-corrected chi connectivity index (χ4v) is 3.71. The summed E-state index contributed by atoms with van der Waals surface area (Å²) in [4.78, 5) is 23.5. The molecule has 1 aliphatic heterocycles. The smallest absolute Gasteiger partial charge is 0.406 e. The Morgan fingerprint density at radius 1 is 1.18 bits per heavy atom. The van der Waals surface area contributed by atoms with Crippen molar-refractivity contribution in [1.29, 1.82) is 0 Å². The van der Waals surface area contributed by atoms with E-state index in [1.807, 2.05) is 6.07 Å². The van der Waals surface area contributed by atoms with Gasteiger partial charge in [-0.05, 0) is 42.0 Å². The van der Waals surface area contributed by atoms with Crippen LogP contribution in [-0.2, 0) is 6.67 Å². The van der Waals surface area contributed by atoms with E-state index in [0.717, 1.165) is 5.56 Å². The van der Waals surface area contributed by atoms with Gasteiger partial charge in [0.2, 0.25) is 0 Å². The molecule has 2 aromatic heterocycles. The van der Waals surface area contributed by atoms with Crippen LogP contribution in [0.2, 0.25) is 0 Å². The Balaban J connectivity index is 1.59. The van der Waals surface area contributed by atoms with Gasteiger partial charge in [0.05, 0.1) is 4.53 Å². The zero-order valence-electron chi connectivity index (χ0n) is 14.3. The summed E-state index contributed by atoms with van der Waals surface area (Å²) in [5, 5.41) is 0. The molecule has 3 aromatic rings. The minimum atomic E-state index is -4.73. The van der Waals surface area contributed by atoms with Crippen molar-refractivity contribution in [2.75, 3.05) is 11.6 Å². The Kier molecular flexibility index (Phi) is 4.63. The number of halogens is 3. The quantitative estimate of drug-likeness (QED) is 0.669. The van der Waals surface area contributed by atoms with Crippen molar-refractivity contribution in [1.82, 2.24) is 9.55 Å². The minimum absolute atomic E-state index is 0.172. The maximum atomic E-state index is 12.7. The average Bonchev–Trinajstić information content (AvgIpc) is 2.97. The van der Waals surface area contributed by atoms with E-state index >= 15 is 0 Å². The van der Waals surface area contributed by atoms with E-state index in [0.29, 0.717) is 21.7 Å². The second-order valence-electron chi connectivity index (χ2n) is 5.94.